The van der Waals surface area contributed by atoms with E-state index in [1.54, 1.807) is 0 Å². The van der Waals surface area contributed by atoms with Crippen LogP contribution < -0.4 is 5.73 Å². The Morgan fingerprint density at radius 2 is 2.13 bits per heavy atom. The minimum atomic E-state index is 0.536. The minimum Gasteiger partial charge on any atom is -0.326 e. The van der Waals surface area contributed by atoms with Crippen LogP contribution in [0, 0.1) is 0 Å². The monoisotopic (exact) mass is 201 g/mol. The molecule has 0 bridgehead atoms. The molecule has 0 unspecified atom stereocenters. The van der Waals surface area contributed by atoms with Gasteiger partial charge < -0.3 is 5.73 Å². The van der Waals surface area contributed by atoms with Gasteiger partial charge >= 0.3 is 0 Å². The van der Waals surface area contributed by atoms with Crippen LogP contribution in [0.3, 0.4) is 0 Å². The third-order valence-electron chi connectivity index (χ3n) is 2.49. The molecular weight excluding hydrogens is 186 g/mol. The number of nitrogens with two attached hydrogens (primary N) is 1. The molecular formula is C12H15N3. The summed E-state index contributed by atoms with van der Waals surface area (Å²) >= 11 is 0. The average molecular weight is 201 g/mol. The average Bonchev–Trinajstić information content (AvgIpc) is 2.77. The summed E-state index contributed by atoms with van der Waals surface area (Å²) in [6.45, 7) is 2.68. The molecule has 3 heteroatoms. The van der Waals surface area contributed by atoms with Gasteiger partial charge in [-0.25, -0.2) is 4.68 Å². The predicted octanol–water partition coefficient (Wildman–Crippen LogP) is 1.89. The number of hydrogen-bond donors (Lipinski definition) is 1. The molecule has 0 saturated carbocycles. The van der Waals surface area contributed by atoms with Crippen molar-refractivity contribution in [2.45, 2.75) is 19.9 Å². The summed E-state index contributed by atoms with van der Waals surface area (Å²) in [6.07, 6.45) is 4.80. The standard InChI is InChI=1S/C12H15N3/c1-2-11-5-3-4-6-12(11)15-9-10(7-13)8-14-15/h3-6,8-9H,2,7,13H2,1H3. The second kappa shape index (κ2) is 4.28. The molecule has 0 radical (unpaired) electrons. The van der Waals surface area contributed by atoms with Gasteiger partial charge in [0.2, 0.25) is 0 Å². The topological polar surface area (TPSA) is 43.8 Å². The van der Waals surface area contributed by atoms with Crippen molar-refractivity contribution in [3.05, 3.63) is 47.8 Å². The Kier molecular flexibility index (Phi) is 2.83. The summed E-state index contributed by atoms with van der Waals surface area (Å²) in [4.78, 5) is 0. The molecule has 0 spiro atoms. The van der Waals surface area contributed by atoms with E-state index >= 15 is 0 Å². The highest BCUT2D eigenvalue weighted by Crippen LogP contribution is 2.14. The number of para-hydroxylation sites is 1. The second-order valence-electron chi connectivity index (χ2n) is 3.48. The zero-order valence-corrected chi connectivity index (χ0v) is 8.85. The third kappa shape index (κ3) is 1.92. The lowest BCUT2D eigenvalue weighted by Crippen LogP contribution is -1.99. The molecule has 0 aliphatic carbocycles. The first kappa shape index (κ1) is 9.93. The van der Waals surface area contributed by atoms with Gasteiger partial charge in [0.1, 0.15) is 0 Å². The van der Waals surface area contributed by atoms with Crippen molar-refractivity contribution in [1.29, 1.82) is 0 Å². The number of hydrogen-bond acceptors (Lipinski definition) is 2. The Morgan fingerprint density at radius 1 is 1.33 bits per heavy atom. The van der Waals surface area contributed by atoms with Crippen LogP contribution in [0.5, 0.6) is 0 Å². The van der Waals surface area contributed by atoms with Gasteiger partial charge in [-0.15, -0.1) is 0 Å². The summed E-state index contributed by atoms with van der Waals surface area (Å²) in [6, 6.07) is 8.28. The highest BCUT2D eigenvalue weighted by atomic mass is 15.3. The van der Waals surface area contributed by atoms with Crippen LogP contribution in [0.1, 0.15) is 18.1 Å². The summed E-state index contributed by atoms with van der Waals surface area (Å²) < 4.78 is 1.89. The van der Waals surface area contributed by atoms with Gasteiger partial charge in [0.05, 0.1) is 11.9 Å². The summed E-state index contributed by atoms with van der Waals surface area (Å²) in [5, 5.41) is 4.30. The highest BCUT2D eigenvalue weighted by molar-refractivity contribution is 5.40. The minimum absolute atomic E-state index is 0.536. The fourth-order valence-electron chi connectivity index (χ4n) is 1.63. The van der Waals surface area contributed by atoms with Crippen molar-refractivity contribution in [3.8, 4) is 5.69 Å². The molecule has 3 nitrogen and oxygen atoms in total. The van der Waals surface area contributed by atoms with E-state index < -0.39 is 0 Å². The molecule has 0 aliphatic rings. The molecule has 2 aromatic rings. The Labute approximate surface area is 89.5 Å². The fraction of sp³-hybridized carbons (Fsp3) is 0.250. The highest BCUT2D eigenvalue weighted by Gasteiger charge is 2.03. The van der Waals surface area contributed by atoms with Crippen LogP contribution in [-0.4, -0.2) is 9.78 Å². The lowest BCUT2D eigenvalue weighted by Gasteiger charge is -2.06. The summed E-state index contributed by atoms with van der Waals surface area (Å²) in [5.41, 5.74) is 9.05. The van der Waals surface area contributed by atoms with E-state index in [2.05, 4.69) is 30.2 Å². The maximum atomic E-state index is 5.56. The molecule has 0 atom stereocenters. The van der Waals surface area contributed by atoms with Gasteiger partial charge in [0.15, 0.2) is 0 Å². The van der Waals surface area contributed by atoms with Crippen molar-refractivity contribution >= 4 is 0 Å². The van der Waals surface area contributed by atoms with Crippen LogP contribution >= 0.6 is 0 Å². The number of benzene rings is 1. The van der Waals surface area contributed by atoms with E-state index in [0.29, 0.717) is 6.54 Å². The van der Waals surface area contributed by atoms with Crippen LogP contribution in [-0.2, 0) is 13.0 Å². The SMILES string of the molecule is CCc1ccccc1-n1cc(CN)cn1. The maximum Gasteiger partial charge on any atom is 0.0677 e. The first-order valence-corrected chi connectivity index (χ1v) is 5.17. The second-order valence-corrected chi connectivity index (χ2v) is 3.48. The van der Waals surface area contributed by atoms with Gasteiger partial charge in [-0.2, -0.15) is 5.10 Å². The van der Waals surface area contributed by atoms with Gasteiger partial charge in [-0.1, -0.05) is 25.1 Å². The van der Waals surface area contributed by atoms with Crippen molar-refractivity contribution in [3.63, 3.8) is 0 Å². The molecule has 1 heterocycles. The largest absolute Gasteiger partial charge is 0.326 e. The van der Waals surface area contributed by atoms with E-state index in [1.165, 1.54) is 5.56 Å². The smallest absolute Gasteiger partial charge is 0.0677 e. The molecule has 78 valence electrons. The van der Waals surface area contributed by atoms with Crippen molar-refractivity contribution < 1.29 is 0 Å². The van der Waals surface area contributed by atoms with Crippen LogP contribution in [0.25, 0.3) is 5.69 Å². The first-order chi connectivity index (χ1) is 7.35. The van der Waals surface area contributed by atoms with Crippen molar-refractivity contribution in [1.82, 2.24) is 9.78 Å². The summed E-state index contributed by atoms with van der Waals surface area (Å²) in [7, 11) is 0. The third-order valence-corrected chi connectivity index (χ3v) is 2.49. The van der Waals surface area contributed by atoms with Gasteiger partial charge in [0.25, 0.3) is 0 Å². The van der Waals surface area contributed by atoms with E-state index in [9.17, 15) is 0 Å². The predicted molar refractivity (Wildman–Crippen MR) is 60.8 cm³/mol. The molecule has 0 fully saturated rings. The Hall–Kier alpha value is -1.61. The molecule has 0 amide bonds. The molecule has 2 rings (SSSR count). The number of aryl methyl sites for hydroxylation is 1. The Balaban J connectivity index is 2.44. The van der Waals surface area contributed by atoms with Crippen molar-refractivity contribution in [2.24, 2.45) is 5.73 Å². The van der Waals surface area contributed by atoms with E-state index in [0.717, 1.165) is 17.7 Å². The summed E-state index contributed by atoms with van der Waals surface area (Å²) in [5.74, 6) is 0. The molecule has 2 N–H and O–H groups in total. The van der Waals surface area contributed by atoms with Crippen LogP contribution in [0.2, 0.25) is 0 Å². The Bertz CT molecular complexity index is 446. The van der Waals surface area contributed by atoms with Crippen molar-refractivity contribution in [2.75, 3.05) is 0 Å². The number of nitrogens with zero attached hydrogens (tertiary/aromatic N) is 2. The van der Waals surface area contributed by atoms with Gasteiger partial charge in [0, 0.05) is 18.3 Å². The zero-order valence-electron chi connectivity index (χ0n) is 8.85. The molecule has 0 aliphatic heterocycles. The Morgan fingerprint density at radius 3 is 2.80 bits per heavy atom. The fourth-order valence-corrected chi connectivity index (χ4v) is 1.63. The zero-order chi connectivity index (χ0) is 10.7. The van der Waals surface area contributed by atoms with E-state index in [1.807, 2.05) is 23.1 Å². The molecule has 1 aromatic carbocycles. The van der Waals surface area contributed by atoms with Crippen LogP contribution in [0.15, 0.2) is 36.7 Å². The molecule has 15 heavy (non-hydrogen) atoms. The van der Waals surface area contributed by atoms with E-state index in [4.69, 9.17) is 5.73 Å². The number of rotatable bonds is 3. The lowest BCUT2D eigenvalue weighted by atomic mass is 10.1. The quantitative estimate of drug-likeness (QED) is 0.824. The lowest BCUT2D eigenvalue weighted by molar-refractivity contribution is 0.862. The molecule has 0 saturated heterocycles. The maximum absolute atomic E-state index is 5.56. The molecule has 1 aromatic heterocycles. The van der Waals surface area contributed by atoms with E-state index in [-0.39, 0.29) is 0 Å². The number of aromatic nitrogens is 2. The van der Waals surface area contributed by atoms with Gasteiger partial charge in [-0.05, 0) is 18.1 Å². The van der Waals surface area contributed by atoms with Crippen LogP contribution in [0.4, 0.5) is 0 Å². The van der Waals surface area contributed by atoms with Gasteiger partial charge in [-0.3, -0.25) is 0 Å². The normalized spacial score (nSPS) is 10.5. The first-order valence-electron chi connectivity index (χ1n) is 5.17.